The summed E-state index contributed by atoms with van der Waals surface area (Å²) in [5, 5.41) is 3.01. The Bertz CT molecular complexity index is 621. The molecule has 1 aromatic heterocycles. The van der Waals surface area contributed by atoms with Crippen LogP contribution in [0.2, 0.25) is 0 Å². The summed E-state index contributed by atoms with van der Waals surface area (Å²) >= 11 is 0. The molecule has 1 N–H and O–H groups in total. The highest BCUT2D eigenvalue weighted by Crippen LogP contribution is 2.19. The van der Waals surface area contributed by atoms with E-state index < -0.39 is 0 Å². The van der Waals surface area contributed by atoms with Crippen molar-refractivity contribution < 1.29 is 14.3 Å². The third-order valence-electron chi connectivity index (χ3n) is 5.06. The molecule has 0 spiro atoms. The molecule has 2 fully saturated rings. The number of urea groups is 1. The van der Waals surface area contributed by atoms with E-state index in [1.165, 1.54) is 0 Å². The Hall–Kier alpha value is -2.19. The van der Waals surface area contributed by atoms with Gasteiger partial charge in [-0.2, -0.15) is 0 Å². The minimum atomic E-state index is -0.186. The van der Waals surface area contributed by atoms with Crippen LogP contribution in [0.3, 0.4) is 0 Å². The summed E-state index contributed by atoms with van der Waals surface area (Å²) in [5.41, 5.74) is 0.934. The summed E-state index contributed by atoms with van der Waals surface area (Å²) in [6.07, 6.45) is 2.71. The number of ether oxygens (including phenoxy) is 1. The summed E-state index contributed by atoms with van der Waals surface area (Å²) in [5.74, 6) is 0.0210. The van der Waals surface area contributed by atoms with Gasteiger partial charge in [0.2, 0.25) is 5.91 Å². The molecule has 27 heavy (non-hydrogen) atoms. The lowest BCUT2D eigenvalue weighted by Crippen LogP contribution is -2.55. The number of carbonyl (C=O) groups is 2. The summed E-state index contributed by atoms with van der Waals surface area (Å²) < 4.78 is 5.45. The summed E-state index contributed by atoms with van der Waals surface area (Å²) in [4.78, 5) is 35.0. The second-order valence-electron chi connectivity index (χ2n) is 6.91. The number of amides is 3. The number of rotatable bonds is 6. The fourth-order valence-corrected chi connectivity index (χ4v) is 3.57. The predicted octanol–water partition coefficient (Wildman–Crippen LogP) is 0.719. The van der Waals surface area contributed by atoms with E-state index in [9.17, 15) is 9.59 Å². The third-order valence-corrected chi connectivity index (χ3v) is 5.06. The molecule has 3 rings (SSSR count). The fourth-order valence-electron chi connectivity index (χ4n) is 3.57. The molecule has 0 aromatic carbocycles. The van der Waals surface area contributed by atoms with Gasteiger partial charge in [-0.05, 0) is 18.6 Å². The number of carbonyl (C=O) groups excluding carboxylic acids is 2. The normalized spacial score (nSPS) is 19.8. The first-order valence-electron chi connectivity index (χ1n) is 9.72. The van der Waals surface area contributed by atoms with Crippen LogP contribution in [0.1, 0.15) is 25.1 Å². The van der Waals surface area contributed by atoms with E-state index in [-0.39, 0.29) is 24.5 Å². The molecule has 8 heteroatoms. The molecule has 3 amide bonds. The van der Waals surface area contributed by atoms with Gasteiger partial charge in [0.15, 0.2) is 0 Å². The first-order valence-corrected chi connectivity index (χ1v) is 9.72. The molecule has 8 nitrogen and oxygen atoms in total. The minimum Gasteiger partial charge on any atom is -0.379 e. The molecule has 0 bridgehead atoms. The van der Waals surface area contributed by atoms with Crippen LogP contribution in [0.5, 0.6) is 0 Å². The molecular weight excluding hydrogens is 346 g/mol. The van der Waals surface area contributed by atoms with Crippen molar-refractivity contribution >= 4 is 11.9 Å². The quantitative estimate of drug-likeness (QED) is 0.793. The number of pyridine rings is 1. The number of hydrogen-bond donors (Lipinski definition) is 1. The molecule has 2 aliphatic rings. The molecule has 2 aliphatic heterocycles. The number of nitrogens with one attached hydrogen (secondary N) is 1. The van der Waals surface area contributed by atoms with Crippen molar-refractivity contribution in [3.8, 4) is 0 Å². The molecule has 148 valence electrons. The number of hydrogen-bond acceptors (Lipinski definition) is 5. The standard InChI is InChI=1S/C19H29N5O3/c1-2-7-23-8-9-24(15-18(23)25)19(26)21-14-17(16-5-3-4-6-20-16)22-10-12-27-13-11-22/h3-6,17H,2,7-15H2,1H3,(H,21,26)/t17-/m1/s1. The van der Waals surface area contributed by atoms with E-state index in [4.69, 9.17) is 4.74 Å². The molecule has 0 unspecified atom stereocenters. The number of nitrogens with zero attached hydrogens (tertiary/aromatic N) is 4. The van der Waals surface area contributed by atoms with Gasteiger partial charge in [0.05, 0.1) is 24.9 Å². The van der Waals surface area contributed by atoms with Crippen molar-refractivity contribution in [2.75, 3.05) is 59.0 Å². The van der Waals surface area contributed by atoms with E-state index in [1.807, 2.05) is 23.1 Å². The highest BCUT2D eigenvalue weighted by Gasteiger charge is 2.28. The average Bonchev–Trinajstić information content (AvgIpc) is 2.71. The zero-order valence-electron chi connectivity index (χ0n) is 16.0. The second-order valence-corrected chi connectivity index (χ2v) is 6.91. The van der Waals surface area contributed by atoms with Crippen LogP contribution >= 0.6 is 0 Å². The fraction of sp³-hybridized carbons (Fsp3) is 0.632. The molecule has 1 atom stereocenters. The smallest absolute Gasteiger partial charge is 0.317 e. The molecular formula is C19H29N5O3. The molecule has 1 aromatic rings. The summed E-state index contributed by atoms with van der Waals surface area (Å²) in [7, 11) is 0. The van der Waals surface area contributed by atoms with E-state index in [1.54, 1.807) is 11.1 Å². The van der Waals surface area contributed by atoms with Gasteiger partial charge in [-0.25, -0.2) is 4.79 Å². The summed E-state index contributed by atoms with van der Waals surface area (Å²) in [6.45, 7) is 7.59. The molecule has 3 heterocycles. The van der Waals surface area contributed by atoms with Crippen LogP contribution in [0, 0.1) is 0 Å². The highest BCUT2D eigenvalue weighted by atomic mass is 16.5. The lowest BCUT2D eigenvalue weighted by Gasteiger charge is -2.36. The van der Waals surface area contributed by atoms with Gasteiger partial charge in [-0.1, -0.05) is 13.0 Å². The second kappa shape index (κ2) is 9.66. The Balaban J connectivity index is 1.58. The maximum Gasteiger partial charge on any atom is 0.317 e. The van der Waals surface area contributed by atoms with Gasteiger partial charge in [-0.3, -0.25) is 14.7 Å². The van der Waals surface area contributed by atoms with Crippen LogP contribution in [0.15, 0.2) is 24.4 Å². The van der Waals surface area contributed by atoms with Gasteiger partial charge in [0.1, 0.15) is 6.54 Å². The molecule has 0 radical (unpaired) electrons. The van der Waals surface area contributed by atoms with Gasteiger partial charge >= 0.3 is 6.03 Å². The minimum absolute atomic E-state index is 0.00358. The predicted molar refractivity (Wildman–Crippen MR) is 101 cm³/mol. The maximum atomic E-state index is 12.6. The Morgan fingerprint density at radius 3 is 2.74 bits per heavy atom. The van der Waals surface area contributed by atoms with E-state index in [0.717, 1.165) is 31.7 Å². The van der Waals surface area contributed by atoms with Crippen molar-refractivity contribution in [3.63, 3.8) is 0 Å². The highest BCUT2D eigenvalue weighted by molar-refractivity contribution is 5.85. The lowest BCUT2D eigenvalue weighted by molar-refractivity contribution is -0.134. The van der Waals surface area contributed by atoms with Gasteiger partial charge in [0.25, 0.3) is 0 Å². The lowest BCUT2D eigenvalue weighted by atomic mass is 10.1. The molecule has 2 saturated heterocycles. The maximum absolute atomic E-state index is 12.6. The van der Waals surface area contributed by atoms with E-state index in [2.05, 4.69) is 22.1 Å². The Labute approximate surface area is 160 Å². The third kappa shape index (κ3) is 5.17. The van der Waals surface area contributed by atoms with Crippen molar-refractivity contribution in [2.24, 2.45) is 0 Å². The average molecular weight is 375 g/mol. The number of morpholine rings is 1. The van der Waals surface area contributed by atoms with Gasteiger partial charge in [-0.15, -0.1) is 0 Å². The van der Waals surface area contributed by atoms with E-state index in [0.29, 0.717) is 32.8 Å². The van der Waals surface area contributed by atoms with Crippen LogP contribution in [-0.4, -0.2) is 90.6 Å². The van der Waals surface area contributed by atoms with Crippen molar-refractivity contribution in [2.45, 2.75) is 19.4 Å². The van der Waals surface area contributed by atoms with Crippen LogP contribution < -0.4 is 5.32 Å². The van der Waals surface area contributed by atoms with Gasteiger partial charge < -0.3 is 19.9 Å². The number of aromatic nitrogens is 1. The van der Waals surface area contributed by atoms with Crippen molar-refractivity contribution in [3.05, 3.63) is 30.1 Å². The van der Waals surface area contributed by atoms with Crippen LogP contribution in [0.25, 0.3) is 0 Å². The SMILES string of the molecule is CCCN1CCN(C(=O)NC[C@H](c2ccccn2)N2CCOCC2)CC1=O. The van der Waals surface area contributed by atoms with Crippen molar-refractivity contribution in [1.29, 1.82) is 0 Å². The molecule has 0 saturated carbocycles. The first kappa shape index (κ1) is 19.6. The topological polar surface area (TPSA) is 78.0 Å². The van der Waals surface area contributed by atoms with Crippen LogP contribution in [-0.2, 0) is 9.53 Å². The van der Waals surface area contributed by atoms with Gasteiger partial charge in [0, 0.05) is 45.5 Å². The van der Waals surface area contributed by atoms with E-state index >= 15 is 0 Å². The number of piperazine rings is 1. The zero-order chi connectivity index (χ0) is 19.1. The molecule has 0 aliphatic carbocycles. The largest absolute Gasteiger partial charge is 0.379 e. The Morgan fingerprint density at radius 1 is 1.26 bits per heavy atom. The van der Waals surface area contributed by atoms with Crippen molar-refractivity contribution in [1.82, 2.24) is 25.0 Å². The monoisotopic (exact) mass is 375 g/mol. The zero-order valence-corrected chi connectivity index (χ0v) is 16.0. The van der Waals surface area contributed by atoms with Crippen LogP contribution in [0.4, 0.5) is 4.79 Å². The Morgan fingerprint density at radius 2 is 2.07 bits per heavy atom. The first-order chi connectivity index (χ1) is 13.2. The Kier molecular flexibility index (Phi) is 7.00. The summed E-state index contributed by atoms with van der Waals surface area (Å²) in [6, 6.07) is 5.65.